The van der Waals surface area contributed by atoms with Crippen LogP contribution in [0.1, 0.15) is 70.7 Å². The third-order valence-corrected chi connectivity index (χ3v) is 13.8. The zero-order valence-corrected chi connectivity index (χ0v) is 39.4. The number of benzene rings is 3. The van der Waals surface area contributed by atoms with Crippen LogP contribution >= 0.6 is 18.7 Å². The lowest BCUT2D eigenvalue weighted by molar-refractivity contribution is -0.137. The van der Waals surface area contributed by atoms with E-state index in [2.05, 4.69) is 26.6 Å². The van der Waals surface area contributed by atoms with Gasteiger partial charge in [0.25, 0.3) is 5.91 Å². The van der Waals surface area contributed by atoms with Crippen molar-refractivity contribution in [1.82, 2.24) is 25.5 Å². The van der Waals surface area contributed by atoms with Crippen molar-refractivity contribution in [3.05, 3.63) is 106 Å². The van der Waals surface area contributed by atoms with Crippen molar-refractivity contribution in [2.75, 3.05) is 84.7 Å². The van der Waals surface area contributed by atoms with Crippen LogP contribution in [0.5, 0.6) is 11.5 Å². The number of piperidine rings is 2. The predicted octanol–water partition coefficient (Wildman–Crippen LogP) is 4.93. The van der Waals surface area contributed by atoms with Gasteiger partial charge in [0.1, 0.15) is 37.1 Å². The Bertz CT molecular complexity index is 2420. The number of aromatic nitrogens is 2. The maximum atomic E-state index is 13.0. The molecule has 0 bridgehead atoms. The maximum Gasteiger partial charge on any atom is 0.255 e. The zero-order valence-electron chi connectivity index (χ0n) is 37.7. The van der Waals surface area contributed by atoms with Gasteiger partial charge in [-0.3, -0.25) is 24.5 Å². The number of amides is 4. The second-order valence-corrected chi connectivity index (χ2v) is 20.4. The van der Waals surface area contributed by atoms with Gasteiger partial charge in [0.05, 0.1) is 64.0 Å². The van der Waals surface area contributed by atoms with E-state index in [-0.39, 0.29) is 49.8 Å². The SMILES string of the molecule is COc1cc(N2CCC(NC(=O)CCOCCOCCOCCOc3cccc4c3CN(C3CCC(=O)NC3=O)C4=O)CC2)ccc1Cc1ncc(Cl)c(Cc2ccccc2P(C)(C)=O)n1. The number of imide groups is 1. The number of hydrogen-bond donors (Lipinski definition) is 2. The number of halogens is 1. The first-order chi connectivity index (χ1) is 31.9. The molecule has 16 nitrogen and oxygen atoms in total. The Hall–Kier alpha value is -5.38. The highest BCUT2D eigenvalue weighted by Crippen LogP contribution is 2.37. The Balaban J connectivity index is 0.738. The molecule has 352 valence electrons. The minimum Gasteiger partial charge on any atom is -0.496 e. The fraction of sp³-hybridized carbons (Fsp3) is 0.458. The van der Waals surface area contributed by atoms with E-state index in [1.54, 1.807) is 44.8 Å². The van der Waals surface area contributed by atoms with Gasteiger partial charge in [0.15, 0.2) is 0 Å². The van der Waals surface area contributed by atoms with E-state index in [9.17, 15) is 23.7 Å². The summed E-state index contributed by atoms with van der Waals surface area (Å²) in [6.45, 7) is 7.69. The van der Waals surface area contributed by atoms with E-state index in [0.717, 1.165) is 59.4 Å². The molecule has 1 atom stereocenters. The van der Waals surface area contributed by atoms with Gasteiger partial charge in [-0.05, 0) is 56.4 Å². The molecule has 3 aliphatic rings. The van der Waals surface area contributed by atoms with Crippen LogP contribution in [-0.4, -0.2) is 130 Å². The molecule has 7 rings (SSSR count). The molecular formula is C48H58ClN6O10P. The first kappa shape index (κ1) is 48.6. The number of anilines is 1. The predicted molar refractivity (Wildman–Crippen MR) is 250 cm³/mol. The lowest BCUT2D eigenvalue weighted by atomic mass is 10.0. The fourth-order valence-corrected chi connectivity index (χ4v) is 9.91. The third-order valence-electron chi connectivity index (χ3n) is 11.9. The van der Waals surface area contributed by atoms with Gasteiger partial charge in [0.2, 0.25) is 17.7 Å². The highest BCUT2D eigenvalue weighted by atomic mass is 35.5. The summed E-state index contributed by atoms with van der Waals surface area (Å²) in [4.78, 5) is 62.7. The lowest BCUT2D eigenvalue weighted by Gasteiger charge is -2.34. The van der Waals surface area contributed by atoms with Crippen LogP contribution in [0, 0.1) is 0 Å². The minimum atomic E-state index is -2.49. The summed E-state index contributed by atoms with van der Waals surface area (Å²) in [5.41, 5.74) is 4.83. The fourth-order valence-electron chi connectivity index (χ4n) is 8.46. The molecule has 66 heavy (non-hydrogen) atoms. The normalized spacial score (nSPS) is 16.6. The molecule has 4 aromatic rings. The number of nitrogens with one attached hydrogen (secondary N) is 2. The van der Waals surface area contributed by atoms with Gasteiger partial charge in [-0.2, -0.15) is 0 Å². The second kappa shape index (κ2) is 22.9. The first-order valence-corrected chi connectivity index (χ1v) is 25.3. The molecule has 0 saturated carbocycles. The minimum absolute atomic E-state index is 0.0396. The highest BCUT2D eigenvalue weighted by Gasteiger charge is 2.40. The van der Waals surface area contributed by atoms with E-state index in [4.69, 9.17) is 40.3 Å². The molecule has 2 N–H and O–H groups in total. The average molecular weight is 945 g/mol. The van der Waals surface area contributed by atoms with Crippen LogP contribution in [0.25, 0.3) is 0 Å². The molecule has 0 aliphatic carbocycles. The number of carbonyl (C=O) groups is 4. The number of rotatable bonds is 22. The molecule has 2 fully saturated rings. The van der Waals surface area contributed by atoms with E-state index in [1.165, 1.54) is 4.90 Å². The number of fused-ring (bicyclic) bond motifs is 1. The van der Waals surface area contributed by atoms with E-state index in [1.807, 2.05) is 36.4 Å². The number of methoxy groups -OCH3 is 1. The largest absolute Gasteiger partial charge is 0.496 e. The average Bonchev–Trinajstić information content (AvgIpc) is 3.64. The maximum absolute atomic E-state index is 13.0. The second-order valence-electron chi connectivity index (χ2n) is 16.9. The molecule has 0 spiro atoms. The molecule has 1 aromatic heterocycles. The molecular weight excluding hydrogens is 887 g/mol. The molecule has 2 saturated heterocycles. The summed E-state index contributed by atoms with van der Waals surface area (Å²) in [7, 11) is -0.832. The summed E-state index contributed by atoms with van der Waals surface area (Å²) in [6, 6.07) is 18.5. The Morgan fingerprint density at radius 3 is 2.32 bits per heavy atom. The lowest BCUT2D eigenvalue weighted by Crippen LogP contribution is -2.52. The number of ether oxygens (including phenoxy) is 5. The van der Waals surface area contributed by atoms with Gasteiger partial charge in [-0.15, -0.1) is 0 Å². The van der Waals surface area contributed by atoms with Gasteiger partial charge < -0.3 is 43.4 Å². The van der Waals surface area contributed by atoms with Gasteiger partial charge in [-0.25, -0.2) is 9.97 Å². The van der Waals surface area contributed by atoms with Gasteiger partial charge >= 0.3 is 0 Å². The molecule has 3 aromatic carbocycles. The van der Waals surface area contributed by atoms with Crippen molar-refractivity contribution >= 4 is 53.4 Å². The van der Waals surface area contributed by atoms with Crippen LogP contribution in [0.15, 0.2) is 66.9 Å². The van der Waals surface area contributed by atoms with E-state index >= 15 is 0 Å². The van der Waals surface area contributed by atoms with Crippen LogP contribution < -0.4 is 30.3 Å². The van der Waals surface area contributed by atoms with Crippen LogP contribution in [-0.2, 0) is 52.5 Å². The molecule has 1 unspecified atom stereocenters. The van der Waals surface area contributed by atoms with Crippen molar-refractivity contribution in [2.24, 2.45) is 0 Å². The van der Waals surface area contributed by atoms with Crippen LogP contribution in [0.3, 0.4) is 0 Å². The van der Waals surface area contributed by atoms with Crippen molar-refractivity contribution < 1.29 is 47.4 Å². The number of hydrogen-bond acceptors (Lipinski definition) is 13. The Kier molecular flexibility index (Phi) is 16.8. The topological polar surface area (TPSA) is 188 Å². The smallest absolute Gasteiger partial charge is 0.255 e. The van der Waals surface area contributed by atoms with E-state index < -0.39 is 19.1 Å². The van der Waals surface area contributed by atoms with Crippen LogP contribution in [0.2, 0.25) is 5.02 Å². The summed E-state index contributed by atoms with van der Waals surface area (Å²) in [6.07, 6.45) is 4.92. The van der Waals surface area contributed by atoms with Gasteiger partial charge in [0, 0.05) is 84.8 Å². The molecule has 0 radical (unpaired) electrons. The highest BCUT2D eigenvalue weighted by molar-refractivity contribution is 7.70. The van der Waals surface area contributed by atoms with Crippen molar-refractivity contribution in [3.63, 3.8) is 0 Å². The summed E-state index contributed by atoms with van der Waals surface area (Å²) >= 11 is 6.54. The zero-order chi connectivity index (χ0) is 46.6. The number of nitrogens with zero attached hydrogens (tertiary/aromatic N) is 4. The summed E-state index contributed by atoms with van der Waals surface area (Å²) in [5, 5.41) is 6.77. The molecule has 4 heterocycles. The Labute approximate surface area is 390 Å². The van der Waals surface area contributed by atoms with Crippen molar-refractivity contribution in [2.45, 2.75) is 63.6 Å². The monoisotopic (exact) mass is 944 g/mol. The quantitative estimate of drug-likeness (QED) is 0.0614. The standard InChI is InChI=1S/C48H58ClN6O10P/c1-61-42-29-35(12-11-32(42)28-44-50-30-38(49)39(52-44)27-33-7-4-5-10-43(33)66(2,3)60)54-18-15-34(16-19-54)51-46(57)17-20-62-21-22-63-23-24-64-25-26-65-41-9-6-8-36-37(41)31-55(48(36)59)40-13-14-45(56)53-47(40)58/h4-12,29-30,34,40H,13-28,31H2,1-3H3,(H,51,57)(H,53,56,58). The Morgan fingerprint density at radius 1 is 0.864 bits per heavy atom. The van der Waals surface area contributed by atoms with E-state index in [0.29, 0.717) is 86.8 Å². The first-order valence-electron chi connectivity index (χ1n) is 22.4. The summed E-state index contributed by atoms with van der Waals surface area (Å²) < 4.78 is 41.5. The number of carbonyl (C=O) groups excluding carboxylic acids is 4. The van der Waals surface area contributed by atoms with Crippen LogP contribution in [0.4, 0.5) is 5.69 Å². The molecule has 18 heteroatoms. The Morgan fingerprint density at radius 2 is 1.59 bits per heavy atom. The summed E-state index contributed by atoms with van der Waals surface area (Å²) in [5.74, 6) is 0.855. The van der Waals surface area contributed by atoms with Crippen molar-refractivity contribution in [3.8, 4) is 11.5 Å². The third kappa shape index (κ3) is 12.7. The molecule has 4 amide bonds. The molecule has 3 aliphatic heterocycles. The van der Waals surface area contributed by atoms with Gasteiger partial charge in [-0.1, -0.05) is 48.0 Å². The van der Waals surface area contributed by atoms with Crippen molar-refractivity contribution in [1.29, 1.82) is 0 Å².